The fraction of sp³-hybridized carbons (Fsp3) is 0.483. The van der Waals surface area contributed by atoms with Crippen LogP contribution in [0.5, 0.6) is 0 Å². The second-order valence-electron chi connectivity index (χ2n) is 10.0. The topological polar surface area (TPSA) is 122 Å². The number of benzene rings is 2. The van der Waals surface area contributed by atoms with E-state index >= 15 is 0 Å². The second kappa shape index (κ2) is 15.4. The first kappa shape index (κ1) is 31.9. The summed E-state index contributed by atoms with van der Waals surface area (Å²) in [5.74, 6) is -2.08. The number of thioether (sulfide) groups is 1. The molecule has 0 radical (unpaired) electrons. The normalized spacial score (nSPS) is 19.7. The maximum atomic E-state index is 14.3. The molecule has 0 aliphatic carbocycles. The van der Waals surface area contributed by atoms with E-state index in [1.54, 1.807) is 20.8 Å². The van der Waals surface area contributed by atoms with Crippen molar-refractivity contribution in [2.45, 2.75) is 64.2 Å². The Bertz CT molecular complexity index is 1170. The number of carbonyl (C=O) groups is 3. The minimum absolute atomic E-state index is 0.127. The molecule has 0 bridgehead atoms. The zero-order valence-corrected chi connectivity index (χ0v) is 24.9. The molecule has 3 rings (SSSR count). The van der Waals surface area contributed by atoms with Gasteiger partial charge in [-0.05, 0) is 30.4 Å². The van der Waals surface area contributed by atoms with Gasteiger partial charge in [-0.15, -0.1) is 11.8 Å². The van der Waals surface area contributed by atoms with Gasteiger partial charge in [-0.25, -0.2) is 5.09 Å². The Morgan fingerprint density at radius 1 is 1.10 bits per heavy atom. The second-order valence-corrected chi connectivity index (χ2v) is 13.4. The Hall–Kier alpha value is -2.65. The minimum atomic E-state index is -3.71. The highest BCUT2D eigenvalue weighted by Crippen LogP contribution is 2.48. The molecule has 1 amide bonds. The van der Waals surface area contributed by atoms with Crippen molar-refractivity contribution in [1.29, 1.82) is 0 Å². The summed E-state index contributed by atoms with van der Waals surface area (Å²) in [6, 6.07) is 18.3. The van der Waals surface area contributed by atoms with Crippen molar-refractivity contribution in [1.82, 2.24) is 9.99 Å². The monoisotopic (exact) mass is 590 g/mol. The van der Waals surface area contributed by atoms with E-state index in [1.807, 2.05) is 60.7 Å². The first-order valence-electron chi connectivity index (χ1n) is 13.6. The maximum absolute atomic E-state index is 14.3. The number of ether oxygens (including phenoxy) is 1. The highest BCUT2D eigenvalue weighted by atomic mass is 32.2. The number of aryl methyl sites for hydroxylation is 1. The van der Waals surface area contributed by atoms with E-state index in [-0.39, 0.29) is 24.3 Å². The molecule has 2 aromatic carbocycles. The van der Waals surface area contributed by atoms with Gasteiger partial charge in [0, 0.05) is 24.3 Å². The third-order valence-electron chi connectivity index (χ3n) is 6.39. The number of carboxylic acid groups (broad SMARTS) is 1. The first-order chi connectivity index (χ1) is 19.1. The molecular weight excluding hydrogens is 551 g/mol. The number of unbranched alkanes of at least 4 members (excludes halogenated alkanes) is 1. The number of rotatable bonds is 15. The van der Waals surface area contributed by atoms with E-state index in [1.165, 1.54) is 22.2 Å². The van der Waals surface area contributed by atoms with Gasteiger partial charge in [0.1, 0.15) is 18.0 Å². The fourth-order valence-electron chi connectivity index (χ4n) is 4.30. The van der Waals surface area contributed by atoms with Gasteiger partial charge >= 0.3 is 11.9 Å². The predicted octanol–water partition coefficient (Wildman–Crippen LogP) is 5.47. The molecule has 11 heteroatoms. The van der Waals surface area contributed by atoms with Crippen LogP contribution < -0.4 is 5.09 Å². The van der Waals surface area contributed by atoms with E-state index in [9.17, 15) is 24.1 Å². The van der Waals surface area contributed by atoms with Crippen LogP contribution in [0.3, 0.4) is 0 Å². The van der Waals surface area contributed by atoms with Gasteiger partial charge in [-0.2, -0.15) is 0 Å². The van der Waals surface area contributed by atoms with Crippen LogP contribution in [0.4, 0.5) is 0 Å². The lowest BCUT2D eigenvalue weighted by Gasteiger charge is -2.39. The summed E-state index contributed by atoms with van der Waals surface area (Å²) in [6.45, 7) is 4.77. The maximum Gasteiger partial charge on any atom is 0.323 e. The largest absolute Gasteiger partial charge is 0.480 e. The molecule has 2 aromatic rings. The molecule has 1 heterocycles. The van der Waals surface area contributed by atoms with Crippen LogP contribution in [-0.4, -0.2) is 58.6 Å². The van der Waals surface area contributed by atoms with E-state index in [0.717, 1.165) is 18.4 Å². The molecule has 1 aliphatic heterocycles. The lowest BCUT2D eigenvalue weighted by Crippen LogP contribution is -2.53. The number of nitrogens with one attached hydrogen (secondary N) is 1. The van der Waals surface area contributed by atoms with Crippen molar-refractivity contribution >= 4 is 37.1 Å². The molecule has 0 saturated carbocycles. The molecule has 1 aliphatic rings. The molecule has 2 N–H and O–H groups in total. The van der Waals surface area contributed by atoms with Crippen LogP contribution >= 0.6 is 19.3 Å². The van der Waals surface area contributed by atoms with Crippen molar-refractivity contribution in [3.8, 4) is 0 Å². The van der Waals surface area contributed by atoms with Gasteiger partial charge in [-0.1, -0.05) is 81.4 Å². The average molecular weight is 591 g/mol. The third-order valence-corrected chi connectivity index (χ3v) is 9.92. The smallest absolute Gasteiger partial charge is 0.323 e. The number of carboxylic acids is 1. The van der Waals surface area contributed by atoms with Gasteiger partial charge in [0.05, 0.1) is 0 Å². The molecule has 40 heavy (non-hydrogen) atoms. The van der Waals surface area contributed by atoms with Crippen molar-refractivity contribution in [3.05, 3.63) is 71.8 Å². The molecule has 0 spiro atoms. The van der Waals surface area contributed by atoms with Crippen LogP contribution in [-0.2, 0) is 34.6 Å². The summed E-state index contributed by atoms with van der Waals surface area (Å²) in [7, 11) is -3.71. The Morgan fingerprint density at radius 2 is 1.75 bits per heavy atom. The molecule has 4 atom stereocenters. The van der Waals surface area contributed by atoms with Gasteiger partial charge in [-0.3, -0.25) is 23.5 Å². The number of esters is 1. The molecule has 9 nitrogen and oxygen atoms in total. The molecule has 0 aromatic heterocycles. The summed E-state index contributed by atoms with van der Waals surface area (Å²) in [4.78, 5) is 38.6. The van der Waals surface area contributed by atoms with Crippen LogP contribution in [0.15, 0.2) is 60.7 Å². The molecule has 4 unspecified atom stereocenters. The fourth-order valence-corrected chi connectivity index (χ4v) is 7.96. The van der Waals surface area contributed by atoms with E-state index < -0.39 is 49.6 Å². The summed E-state index contributed by atoms with van der Waals surface area (Å²) in [5, 5.41) is 12.0. The number of nitrogens with zero attached hydrogens (tertiary/aromatic N) is 1. The van der Waals surface area contributed by atoms with Crippen LogP contribution in [0, 0.1) is 5.92 Å². The average Bonchev–Trinajstić information content (AvgIpc) is 2.94. The Kier molecular flexibility index (Phi) is 12.3. The van der Waals surface area contributed by atoms with Gasteiger partial charge in [0.25, 0.3) is 7.52 Å². The molecule has 1 saturated heterocycles. The Balaban J connectivity index is 1.79. The van der Waals surface area contributed by atoms with Crippen molar-refractivity contribution in [2.75, 3.05) is 18.5 Å². The minimum Gasteiger partial charge on any atom is -0.480 e. The number of amides is 1. The lowest BCUT2D eigenvalue weighted by molar-refractivity contribution is -0.169. The lowest BCUT2D eigenvalue weighted by atomic mass is 10.1. The van der Waals surface area contributed by atoms with Crippen molar-refractivity contribution in [3.63, 3.8) is 0 Å². The Labute approximate surface area is 240 Å². The number of hydrogen-bond donors (Lipinski definition) is 2. The number of hydrogen-bond acceptors (Lipinski definition) is 7. The first-order valence-corrected chi connectivity index (χ1v) is 16.4. The van der Waals surface area contributed by atoms with Crippen LogP contribution in [0.1, 0.15) is 56.5 Å². The summed E-state index contributed by atoms with van der Waals surface area (Å²) >= 11 is 1.40. The number of aliphatic carboxylic acids is 1. The third kappa shape index (κ3) is 9.47. The van der Waals surface area contributed by atoms with E-state index in [2.05, 4.69) is 5.09 Å². The zero-order chi connectivity index (χ0) is 29.1. The number of carbonyl (C=O) groups excluding carboxylic acids is 2. The summed E-state index contributed by atoms with van der Waals surface area (Å²) < 4.78 is 25.7. The van der Waals surface area contributed by atoms with Crippen molar-refractivity contribution < 1.29 is 33.3 Å². The zero-order valence-electron chi connectivity index (χ0n) is 23.2. The molecular formula is C29H39N2O7PS. The van der Waals surface area contributed by atoms with Crippen LogP contribution in [0.25, 0.3) is 0 Å². The van der Waals surface area contributed by atoms with E-state index in [0.29, 0.717) is 6.42 Å². The quantitative estimate of drug-likeness (QED) is 0.120. The standard InChI is InChI=1S/C29H39N2O7PS/c1-4-26(34)37-29(21(2)3)38-39(36,18-12-11-15-22-13-7-5-8-14-22)30-24-20-40-28(23-16-9-6-10-17-23)31(27(24)35)19-25(32)33/h5-10,13-14,16-17,21,24,28-29H,4,11-12,15,18-20H2,1-3H3,(H,30,36)(H,32,33). The highest BCUT2D eigenvalue weighted by molar-refractivity contribution is 7.99. The highest BCUT2D eigenvalue weighted by Gasteiger charge is 2.42. The summed E-state index contributed by atoms with van der Waals surface area (Å²) in [5.41, 5.74) is 1.98. The van der Waals surface area contributed by atoms with E-state index in [4.69, 9.17) is 9.26 Å². The SMILES string of the molecule is CCC(=O)OC(OP(=O)(CCCCc1ccccc1)NC1CSC(c2ccccc2)N(CC(=O)O)C1=O)C(C)C. The van der Waals surface area contributed by atoms with Gasteiger partial charge in [0.2, 0.25) is 12.2 Å². The van der Waals surface area contributed by atoms with Crippen LogP contribution in [0.2, 0.25) is 0 Å². The van der Waals surface area contributed by atoms with Crippen molar-refractivity contribution in [2.24, 2.45) is 5.92 Å². The van der Waals surface area contributed by atoms with Gasteiger partial charge < -0.3 is 14.7 Å². The summed E-state index contributed by atoms with van der Waals surface area (Å²) in [6.07, 6.45) is 1.30. The van der Waals surface area contributed by atoms with Gasteiger partial charge in [0.15, 0.2) is 0 Å². The molecule has 218 valence electrons. The Morgan fingerprint density at radius 3 is 2.35 bits per heavy atom. The predicted molar refractivity (Wildman–Crippen MR) is 156 cm³/mol. The molecule has 1 fully saturated rings.